The molecule has 0 aliphatic heterocycles. The van der Waals surface area contributed by atoms with Crippen molar-refractivity contribution in [2.45, 2.75) is 44.1 Å². The molecule has 1 nitrogen and oxygen atoms in total. The molecule has 17 heavy (non-hydrogen) atoms. The number of rotatable bonds is 4. The largest absolute Gasteiger partial charge is 0.392 e. The van der Waals surface area contributed by atoms with Gasteiger partial charge in [0.2, 0.25) is 0 Å². The smallest absolute Gasteiger partial charge is 0.0671 e. The Kier molecular flexibility index (Phi) is 4.38. The van der Waals surface area contributed by atoms with Gasteiger partial charge in [-0.25, -0.2) is 0 Å². The summed E-state index contributed by atoms with van der Waals surface area (Å²) in [7, 11) is 0. The van der Waals surface area contributed by atoms with E-state index in [1.54, 1.807) is 0 Å². The molecule has 0 unspecified atom stereocenters. The van der Waals surface area contributed by atoms with Crippen LogP contribution in [0.3, 0.4) is 0 Å². The van der Waals surface area contributed by atoms with Gasteiger partial charge in [-0.2, -0.15) is 0 Å². The van der Waals surface area contributed by atoms with E-state index in [1.165, 1.54) is 37.7 Å². The van der Waals surface area contributed by atoms with E-state index in [-0.39, 0.29) is 12.0 Å². The highest BCUT2D eigenvalue weighted by Crippen LogP contribution is 2.33. The fourth-order valence-electron chi connectivity index (χ4n) is 2.92. The molecule has 0 bridgehead atoms. The minimum absolute atomic E-state index is 0.0827. The molecule has 0 heterocycles. The van der Waals surface area contributed by atoms with Crippen molar-refractivity contribution < 1.29 is 5.11 Å². The molecule has 1 aliphatic carbocycles. The maximum Gasteiger partial charge on any atom is 0.0671 e. The molecule has 1 fully saturated rings. The van der Waals surface area contributed by atoms with E-state index in [9.17, 15) is 5.11 Å². The Labute approximate surface area is 104 Å². The Bertz CT molecular complexity index is 338. The Morgan fingerprint density at radius 1 is 1.12 bits per heavy atom. The van der Waals surface area contributed by atoms with Gasteiger partial charge in [0, 0.05) is 5.92 Å². The molecule has 1 aromatic carbocycles. The van der Waals surface area contributed by atoms with E-state index in [2.05, 4.69) is 18.7 Å². The fourth-order valence-corrected chi connectivity index (χ4v) is 2.92. The van der Waals surface area contributed by atoms with E-state index in [1.807, 2.05) is 24.3 Å². The van der Waals surface area contributed by atoms with Gasteiger partial charge >= 0.3 is 0 Å². The molecular weight excluding hydrogens is 208 g/mol. The van der Waals surface area contributed by atoms with E-state index < -0.39 is 0 Å². The van der Waals surface area contributed by atoms with Gasteiger partial charge in [-0.05, 0) is 24.3 Å². The highest BCUT2D eigenvalue weighted by atomic mass is 16.3. The van der Waals surface area contributed by atoms with Crippen molar-refractivity contribution in [1.29, 1.82) is 0 Å². The lowest BCUT2D eigenvalue weighted by Gasteiger charge is -2.31. The lowest BCUT2D eigenvalue weighted by atomic mass is 9.78. The van der Waals surface area contributed by atoms with Crippen molar-refractivity contribution in [2.24, 2.45) is 5.92 Å². The predicted octanol–water partition coefficient (Wildman–Crippen LogP) is 3.90. The number of benzene rings is 1. The molecule has 1 heteroatoms. The second kappa shape index (κ2) is 6.02. The van der Waals surface area contributed by atoms with E-state index in [0.717, 1.165) is 0 Å². The highest BCUT2D eigenvalue weighted by Gasteiger charge is 2.27. The molecule has 0 amide bonds. The third kappa shape index (κ3) is 2.98. The summed E-state index contributed by atoms with van der Waals surface area (Å²) in [6.07, 6.45) is 7.81. The molecule has 1 aromatic rings. The van der Waals surface area contributed by atoms with Crippen molar-refractivity contribution in [3.63, 3.8) is 0 Å². The first kappa shape index (κ1) is 12.4. The van der Waals surface area contributed by atoms with Gasteiger partial charge in [0.05, 0.1) is 6.10 Å². The van der Waals surface area contributed by atoms with E-state index in [0.29, 0.717) is 5.92 Å². The van der Waals surface area contributed by atoms with Crippen LogP contribution in [0.1, 0.15) is 43.6 Å². The summed E-state index contributed by atoms with van der Waals surface area (Å²) in [6.45, 7) is 3.89. The summed E-state index contributed by atoms with van der Waals surface area (Å²) in [6, 6.07) is 10.2. The predicted molar refractivity (Wildman–Crippen MR) is 72.0 cm³/mol. The summed E-state index contributed by atoms with van der Waals surface area (Å²) in [5.41, 5.74) is 1.18. The summed E-state index contributed by atoms with van der Waals surface area (Å²) in [4.78, 5) is 0. The Morgan fingerprint density at radius 3 is 2.35 bits per heavy atom. The van der Waals surface area contributed by atoms with Gasteiger partial charge in [0.15, 0.2) is 0 Å². The molecule has 1 N–H and O–H groups in total. The van der Waals surface area contributed by atoms with Gasteiger partial charge < -0.3 is 5.11 Å². The van der Waals surface area contributed by atoms with Crippen molar-refractivity contribution in [3.8, 4) is 0 Å². The fraction of sp³-hybridized carbons (Fsp3) is 0.500. The second-order valence-corrected chi connectivity index (χ2v) is 5.06. The van der Waals surface area contributed by atoms with Gasteiger partial charge in [-0.1, -0.05) is 55.7 Å². The molecule has 92 valence electrons. The lowest BCUT2D eigenvalue weighted by molar-refractivity contribution is 0.0726. The topological polar surface area (TPSA) is 20.2 Å². The van der Waals surface area contributed by atoms with Crippen LogP contribution in [0.2, 0.25) is 0 Å². The maximum absolute atomic E-state index is 10.5. The van der Waals surface area contributed by atoms with Crippen LogP contribution in [-0.2, 0) is 0 Å². The molecule has 1 aliphatic rings. The first-order valence-corrected chi connectivity index (χ1v) is 6.68. The molecular formula is C16H22O. The Morgan fingerprint density at radius 2 is 1.76 bits per heavy atom. The van der Waals surface area contributed by atoms with Crippen LogP contribution in [0.15, 0.2) is 43.0 Å². The third-order valence-electron chi connectivity index (χ3n) is 3.94. The summed E-state index contributed by atoms with van der Waals surface area (Å²) in [5, 5.41) is 10.5. The molecule has 2 atom stereocenters. The first-order chi connectivity index (χ1) is 8.33. The van der Waals surface area contributed by atoms with E-state index in [4.69, 9.17) is 0 Å². The van der Waals surface area contributed by atoms with Crippen molar-refractivity contribution in [2.75, 3.05) is 0 Å². The number of aliphatic hydroxyl groups is 1. The Balaban J connectivity index is 2.09. The molecule has 0 aromatic heterocycles. The second-order valence-electron chi connectivity index (χ2n) is 5.06. The van der Waals surface area contributed by atoms with Gasteiger partial charge in [0.1, 0.15) is 0 Å². The minimum Gasteiger partial charge on any atom is -0.392 e. The van der Waals surface area contributed by atoms with Crippen LogP contribution in [0.5, 0.6) is 0 Å². The number of hydrogen-bond acceptors (Lipinski definition) is 1. The van der Waals surface area contributed by atoms with Crippen LogP contribution in [0, 0.1) is 5.92 Å². The minimum atomic E-state index is -0.268. The zero-order valence-electron chi connectivity index (χ0n) is 10.4. The number of aliphatic hydroxyl groups excluding tert-OH is 1. The highest BCUT2D eigenvalue weighted by molar-refractivity contribution is 5.24. The van der Waals surface area contributed by atoms with Crippen molar-refractivity contribution in [1.82, 2.24) is 0 Å². The molecule has 0 spiro atoms. The zero-order chi connectivity index (χ0) is 12.1. The monoisotopic (exact) mass is 230 g/mol. The summed E-state index contributed by atoms with van der Waals surface area (Å²) >= 11 is 0. The van der Waals surface area contributed by atoms with Gasteiger partial charge in [0.25, 0.3) is 0 Å². The molecule has 0 saturated heterocycles. The summed E-state index contributed by atoms with van der Waals surface area (Å²) < 4.78 is 0. The van der Waals surface area contributed by atoms with E-state index >= 15 is 0 Å². The normalized spacial score (nSPS) is 20.8. The van der Waals surface area contributed by atoms with Crippen molar-refractivity contribution in [3.05, 3.63) is 48.6 Å². The quantitative estimate of drug-likeness (QED) is 0.778. The summed E-state index contributed by atoms with van der Waals surface area (Å²) in [5.74, 6) is 0.534. The van der Waals surface area contributed by atoms with Crippen LogP contribution < -0.4 is 0 Å². The molecule has 1 saturated carbocycles. The standard InChI is InChI=1S/C16H22O/c1-2-15(13-9-5-3-6-10-13)16(17)14-11-7-4-8-12-14/h2-3,5-6,9-10,14-17H,1,4,7-8,11-12H2/t15-,16-/m1/s1. The van der Waals surface area contributed by atoms with Gasteiger partial charge in [-0.3, -0.25) is 0 Å². The van der Waals surface area contributed by atoms with Crippen LogP contribution in [-0.4, -0.2) is 11.2 Å². The molecule has 0 radical (unpaired) electrons. The lowest BCUT2D eigenvalue weighted by Crippen LogP contribution is -2.28. The third-order valence-corrected chi connectivity index (χ3v) is 3.94. The average molecular weight is 230 g/mol. The van der Waals surface area contributed by atoms with Crippen LogP contribution in [0.25, 0.3) is 0 Å². The number of hydrogen-bond donors (Lipinski definition) is 1. The maximum atomic E-state index is 10.5. The zero-order valence-corrected chi connectivity index (χ0v) is 10.4. The Hall–Kier alpha value is -1.08. The van der Waals surface area contributed by atoms with Crippen molar-refractivity contribution >= 4 is 0 Å². The van der Waals surface area contributed by atoms with Gasteiger partial charge in [-0.15, -0.1) is 6.58 Å². The molecule has 2 rings (SSSR count). The first-order valence-electron chi connectivity index (χ1n) is 6.68. The average Bonchev–Trinajstić information content (AvgIpc) is 2.42. The SMILES string of the molecule is C=C[C@H](c1ccccc1)[C@H](O)C1CCCCC1. The van der Waals surface area contributed by atoms with Crippen LogP contribution in [0.4, 0.5) is 0 Å². The van der Waals surface area contributed by atoms with Crippen LogP contribution >= 0.6 is 0 Å².